The van der Waals surface area contributed by atoms with Crippen LogP contribution in [0, 0.1) is 15.7 Å². The summed E-state index contributed by atoms with van der Waals surface area (Å²) in [6, 6.07) is 8.92. The summed E-state index contributed by atoms with van der Waals surface area (Å²) in [5.41, 5.74) is 2.16. The molecule has 3 heterocycles. The van der Waals surface area contributed by atoms with Gasteiger partial charge in [-0.05, 0) is 61.7 Å². The Hall–Kier alpha value is -1.94. The van der Waals surface area contributed by atoms with Crippen molar-refractivity contribution < 1.29 is 9.50 Å². The number of halogens is 1. The average Bonchev–Trinajstić information content (AvgIpc) is 3.05. The van der Waals surface area contributed by atoms with Crippen molar-refractivity contribution in [1.82, 2.24) is 13.8 Å². The predicted molar refractivity (Wildman–Crippen MR) is 119 cm³/mol. The zero-order valence-electron chi connectivity index (χ0n) is 17.2. The molecule has 1 saturated heterocycles. The summed E-state index contributed by atoms with van der Waals surface area (Å²) in [7, 11) is 2.00. The van der Waals surface area contributed by atoms with E-state index in [0.717, 1.165) is 70.0 Å². The maximum atomic E-state index is 13.1. The van der Waals surface area contributed by atoms with Gasteiger partial charge in [-0.2, -0.15) is 0 Å². The van der Waals surface area contributed by atoms with Crippen molar-refractivity contribution in [3.05, 3.63) is 58.0 Å². The molecule has 1 N–H and O–H groups in total. The summed E-state index contributed by atoms with van der Waals surface area (Å²) in [5.74, 6) is -0.177. The van der Waals surface area contributed by atoms with Crippen LogP contribution in [0.3, 0.4) is 0 Å². The average molecular weight is 437 g/mol. The molecule has 30 heavy (non-hydrogen) atoms. The molecule has 1 aromatic carbocycles. The lowest BCUT2D eigenvalue weighted by atomic mass is 10.2. The van der Waals surface area contributed by atoms with Crippen molar-refractivity contribution >= 4 is 17.6 Å². The molecular weight excluding hydrogens is 407 g/mol. The number of piperazine rings is 1. The van der Waals surface area contributed by atoms with Crippen LogP contribution in [0.5, 0.6) is 0 Å². The Morgan fingerprint density at radius 1 is 1.03 bits per heavy atom. The molecule has 0 aliphatic carbocycles. The summed E-state index contributed by atoms with van der Waals surface area (Å²) in [6.07, 6.45) is 3.58. The first-order valence-electron chi connectivity index (χ1n) is 10.3. The molecule has 0 amide bonds. The third kappa shape index (κ3) is 5.60. The van der Waals surface area contributed by atoms with E-state index in [-0.39, 0.29) is 11.9 Å². The molecular formula is C21H29FN4O3S. The van der Waals surface area contributed by atoms with Gasteiger partial charge in [0.15, 0.2) is 0 Å². The lowest BCUT2D eigenvalue weighted by molar-refractivity contribution is 0.151. The zero-order chi connectivity index (χ0) is 21.5. The van der Waals surface area contributed by atoms with E-state index in [1.807, 2.05) is 29.9 Å². The molecule has 0 saturated carbocycles. The lowest BCUT2D eigenvalue weighted by Gasteiger charge is -2.36. The molecule has 1 fully saturated rings. The fourth-order valence-electron chi connectivity index (χ4n) is 4.09. The molecule has 1 aromatic heterocycles. The number of rotatable bonds is 5. The van der Waals surface area contributed by atoms with Crippen LogP contribution in [0.1, 0.15) is 24.6 Å². The maximum Gasteiger partial charge on any atom is 0.123 e. The number of aromatic nitrogens is 1. The van der Waals surface area contributed by atoms with Gasteiger partial charge in [-0.25, -0.2) is 8.70 Å². The molecule has 164 valence electrons. The SMILES string of the molecule is Cn1ccc2c1C(O)CCN(CCCN1CCN(c3ccc(F)cc3)CC1)S2.O=O. The number of aliphatic hydroxyl groups excluding tert-OH is 1. The van der Waals surface area contributed by atoms with Gasteiger partial charge in [0.05, 0.1) is 11.8 Å². The van der Waals surface area contributed by atoms with Crippen LogP contribution in [-0.2, 0) is 7.05 Å². The first-order chi connectivity index (χ1) is 14.6. The molecule has 1 atom stereocenters. The van der Waals surface area contributed by atoms with E-state index >= 15 is 0 Å². The Morgan fingerprint density at radius 3 is 2.43 bits per heavy atom. The Labute approximate surface area is 180 Å². The second-order valence-corrected chi connectivity index (χ2v) is 8.80. The van der Waals surface area contributed by atoms with Gasteiger partial charge in [0, 0.05) is 73.0 Å². The van der Waals surface area contributed by atoms with Crippen LogP contribution in [0.4, 0.5) is 10.1 Å². The van der Waals surface area contributed by atoms with Crippen LogP contribution in [0.25, 0.3) is 0 Å². The Kier molecular flexibility index (Phi) is 8.26. The van der Waals surface area contributed by atoms with E-state index in [2.05, 4.69) is 20.2 Å². The van der Waals surface area contributed by atoms with E-state index in [1.165, 1.54) is 17.0 Å². The van der Waals surface area contributed by atoms with E-state index in [9.17, 15) is 9.50 Å². The number of nitrogens with zero attached hydrogens (tertiary/aromatic N) is 4. The van der Waals surface area contributed by atoms with Gasteiger partial charge in [0.2, 0.25) is 0 Å². The lowest BCUT2D eigenvalue weighted by Crippen LogP contribution is -2.47. The van der Waals surface area contributed by atoms with Crippen molar-refractivity contribution in [3.63, 3.8) is 0 Å². The number of anilines is 1. The second-order valence-electron chi connectivity index (χ2n) is 7.66. The van der Waals surface area contributed by atoms with Crippen molar-refractivity contribution in [2.75, 3.05) is 50.7 Å². The Balaban J connectivity index is 0.00000124. The quantitative estimate of drug-likeness (QED) is 0.722. The molecule has 0 bridgehead atoms. The van der Waals surface area contributed by atoms with Gasteiger partial charge in [-0.3, -0.25) is 4.90 Å². The van der Waals surface area contributed by atoms with Gasteiger partial charge >= 0.3 is 0 Å². The smallest absolute Gasteiger partial charge is 0.123 e. The standard InChI is InChI=1S/C21H29FN4OS.O2/c1-23-11-8-20-21(23)19(27)7-12-26(28-20)10-2-9-24-13-15-25(16-14-24)18-5-3-17(22)4-6-18;1-2/h3-6,8,11,19,27H,2,7,9-10,12-16H2,1H3;. The summed E-state index contributed by atoms with van der Waals surface area (Å²) in [5, 5.41) is 10.4. The summed E-state index contributed by atoms with van der Waals surface area (Å²) in [6.45, 7) is 7.12. The van der Waals surface area contributed by atoms with Crippen molar-refractivity contribution in [3.8, 4) is 0 Å². The van der Waals surface area contributed by atoms with E-state index in [0.29, 0.717) is 0 Å². The number of fused-ring (bicyclic) bond motifs is 1. The second kappa shape index (κ2) is 10.9. The predicted octanol–water partition coefficient (Wildman–Crippen LogP) is 3.19. The highest BCUT2D eigenvalue weighted by atomic mass is 32.2. The van der Waals surface area contributed by atoms with E-state index in [1.54, 1.807) is 11.9 Å². The van der Waals surface area contributed by atoms with Crippen molar-refractivity contribution in [1.29, 1.82) is 0 Å². The van der Waals surface area contributed by atoms with Crippen LogP contribution in [0.15, 0.2) is 41.4 Å². The molecule has 2 aliphatic heterocycles. The van der Waals surface area contributed by atoms with Crippen LogP contribution >= 0.6 is 11.9 Å². The molecule has 4 rings (SSSR count). The molecule has 0 radical (unpaired) electrons. The summed E-state index contributed by atoms with van der Waals surface area (Å²) >= 11 is 1.78. The minimum atomic E-state index is -0.368. The third-order valence-electron chi connectivity index (χ3n) is 5.72. The largest absolute Gasteiger partial charge is 0.387 e. The normalized spacial score (nSPS) is 20.2. The fraction of sp³-hybridized carbons (Fsp3) is 0.524. The van der Waals surface area contributed by atoms with Crippen molar-refractivity contribution in [2.24, 2.45) is 7.05 Å². The van der Waals surface area contributed by atoms with Crippen LogP contribution < -0.4 is 4.90 Å². The highest BCUT2D eigenvalue weighted by molar-refractivity contribution is 7.97. The fourth-order valence-corrected chi connectivity index (χ4v) is 5.28. The van der Waals surface area contributed by atoms with Crippen molar-refractivity contribution in [2.45, 2.75) is 23.8 Å². The first-order valence-corrected chi connectivity index (χ1v) is 11.0. The molecule has 7 nitrogen and oxygen atoms in total. The topological polar surface area (TPSA) is 69.0 Å². The third-order valence-corrected chi connectivity index (χ3v) is 6.89. The molecule has 2 aromatic rings. The number of aryl methyl sites for hydroxylation is 1. The minimum Gasteiger partial charge on any atom is -0.387 e. The van der Waals surface area contributed by atoms with Gasteiger partial charge in [-0.15, -0.1) is 0 Å². The summed E-state index contributed by atoms with van der Waals surface area (Å²) in [4.78, 5) is 20.0. The van der Waals surface area contributed by atoms with Gasteiger partial charge < -0.3 is 14.6 Å². The van der Waals surface area contributed by atoms with E-state index < -0.39 is 0 Å². The van der Waals surface area contributed by atoms with Gasteiger partial charge in [-0.1, -0.05) is 0 Å². The highest BCUT2D eigenvalue weighted by Gasteiger charge is 2.24. The van der Waals surface area contributed by atoms with Crippen LogP contribution in [-0.4, -0.2) is 64.7 Å². The number of hydrogen-bond acceptors (Lipinski definition) is 7. The first kappa shape index (κ1) is 22.7. The van der Waals surface area contributed by atoms with Gasteiger partial charge in [0.1, 0.15) is 5.82 Å². The number of hydrogen-bond donors (Lipinski definition) is 1. The Morgan fingerprint density at radius 2 is 1.73 bits per heavy atom. The Bertz CT molecular complexity index is 796. The maximum absolute atomic E-state index is 13.1. The molecule has 0 spiro atoms. The number of benzene rings is 1. The highest BCUT2D eigenvalue weighted by Crippen LogP contribution is 2.36. The monoisotopic (exact) mass is 436 g/mol. The van der Waals surface area contributed by atoms with E-state index in [4.69, 9.17) is 9.93 Å². The molecule has 9 heteroatoms. The van der Waals surface area contributed by atoms with Crippen LogP contribution in [0.2, 0.25) is 0 Å². The number of aliphatic hydroxyl groups is 1. The minimum absolute atomic E-state index is 0.177. The molecule has 2 aliphatic rings. The zero-order valence-corrected chi connectivity index (χ0v) is 18.1. The molecule has 1 unspecified atom stereocenters. The summed E-state index contributed by atoms with van der Waals surface area (Å²) < 4.78 is 17.5. The van der Waals surface area contributed by atoms with Gasteiger partial charge in [0.25, 0.3) is 0 Å².